The summed E-state index contributed by atoms with van der Waals surface area (Å²) in [5.41, 5.74) is 1.10. The van der Waals surface area contributed by atoms with E-state index in [0.717, 1.165) is 50.2 Å². The molecule has 0 saturated carbocycles. The van der Waals surface area contributed by atoms with Crippen molar-refractivity contribution in [2.75, 3.05) is 31.6 Å². The van der Waals surface area contributed by atoms with Crippen LogP contribution in [0.25, 0.3) is 0 Å². The van der Waals surface area contributed by atoms with Gasteiger partial charge >= 0.3 is 0 Å². The SMILES string of the molecule is O=C(Nc1ccccn1)C1CCN(Cc2cc(Cl)c3c(c2)OCCCO3)CC1. The fraction of sp³-hybridized carbons (Fsp3) is 0.429. The van der Waals surface area contributed by atoms with Crippen LogP contribution < -0.4 is 14.8 Å². The summed E-state index contributed by atoms with van der Waals surface area (Å²) in [7, 11) is 0. The Bertz CT molecular complexity index is 823. The Balaban J connectivity index is 1.33. The van der Waals surface area contributed by atoms with Crippen molar-refractivity contribution in [2.24, 2.45) is 5.92 Å². The van der Waals surface area contributed by atoms with Crippen molar-refractivity contribution in [1.82, 2.24) is 9.88 Å². The molecule has 6 nitrogen and oxygen atoms in total. The average molecular weight is 402 g/mol. The molecule has 1 saturated heterocycles. The van der Waals surface area contributed by atoms with Gasteiger partial charge in [0.15, 0.2) is 11.5 Å². The van der Waals surface area contributed by atoms with Gasteiger partial charge in [-0.3, -0.25) is 9.69 Å². The van der Waals surface area contributed by atoms with Crippen LogP contribution in [-0.4, -0.2) is 42.1 Å². The van der Waals surface area contributed by atoms with Gasteiger partial charge in [0.25, 0.3) is 0 Å². The first kappa shape index (κ1) is 19.0. The molecular weight excluding hydrogens is 378 g/mol. The third-order valence-corrected chi connectivity index (χ3v) is 5.42. The zero-order valence-corrected chi connectivity index (χ0v) is 16.5. The lowest BCUT2D eigenvalue weighted by atomic mass is 9.95. The maximum atomic E-state index is 12.5. The summed E-state index contributed by atoms with van der Waals surface area (Å²) in [6, 6.07) is 9.48. The number of amides is 1. The Morgan fingerprint density at radius 2 is 2.04 bits per heavy atom. The first-order valence-corrected chi connectivity index (χ1v) is 10.1. The molecule has 0 radical (unpaired) electrons. The van der Waals surface area contributed by atoms with Gasteiger partial charge in [0.2, 0.25) is 5.91 Å². The number of piperidine rings is 1. The third kappa shape index (κ3) is 4.56. The molecular formula is C21H24ClN3O3. The van der Waals surface area contributed by atoms with Gasteiger partial charge in [-0.05, 0) is 55.8 Å². The fourth-order valence-corrected chi connectivity index (χ4v) is 3.94. The summed E-state index contributed by atoms with van der Waals surface area (Å²) in [4.78, 5) is 19.0. The second-order valence-electron chi connectivity index (χ2n) is 7.21. The van der Waals surface area contributed by atoms with E-state index >= 15 is 0 Å². The average Bonchev–Trinajstić information content (AvgIpc) is 2.95. The van der Waals surface area contributed by atoms with Crippen molar-refractivity contribution in [3.8, 4) is 11.5 Å². The van der Waals surface area contributed by atoms with Crippen LogP contribution in [-0.2, 0) is 11.3 Å². The number of halogens is 1. The number of hydrogen-bond donors (Lipinski definition) is 1. The lowest BCUT2D eigenvalue weighted by molar-refractivity contribution is -0.121. The van der Waals surface area contributed by atoms with Crippen molar-refractivity contribution in [3.63, 3.8) is 0 Å². The highest BCUT2D eigenvalue weighted by Gasteiger charge is 2.26. The molecule has 2 aliphatic rings. The number of nitrogens with one attached hydrogen (secondary N) is 1. The number of nitrogens with zero attached hydrogens (tertiary/aromatic N) is 2. The van der Waals surface area contributed by atoms with Gasteiger partial charge in [-0.2, -0.15) is 0 Å². The lowest BCUT2D eigenvalue weighted by Gasteiger charge is -2.31. The summed E-state index contributed by atoms with van der Waals surface area (Å²) in [6.07, 6.45) is 4.20. The van der Waals surface area contributed by atoms with E-state index < -0.39 is 0 Å². The molecule has 28 heavy (non-hydrogen) atoms. The van der Waals surface area contributed by atoms with Crippen molar-refractivity contribution in [2.45, 2.75) is 25.8 Å². The predicted octanol–water partition coefficient (Wildman–Crippen LogP) is 3.75. The van der Waals surface area contributed by atoms with Crippen molar-refractivity contribution < 1.29 is 14.3 Å². The quantitative estimate of drug-likeness (QED) is 0.845. The minimum atomic E-state index is 0.0191. The van der Waals surface area contributed by atoms with E-state index in [-0.39, 0.29) is 11.8 Å². The number of hydrogen-bond acceptors (Lipinski definition) is 5. The van der Waals surface area contributed by atoms with Gasteiger partial charge in [-0.15, -0.1) is 0 Å². The highest BCUT2D eigenvalue weighted by Crippen LogP contribution is 2.38. The molecule has 7 heteroatoms. The van der Waals surface area contributed by atoms with Gasteiger partial charge in [-0.1, -0.05) is 17.7 Å². The van der Waals surface area contributed by atoms with Gasteiger partial charge in [0.1, 0.15) is 5.82 Å². The number of carbonyl (C=O) groups is 1. The fourth-order valence-electron chi connectivity index (χ4n) is 3.65. The van der Waals surface area contributed by atoms with Crippen LogP contribution in [0.3, 0.4) is 0 Å². The van der Waals surface area contributed by atoms with Crippen molar-refractivity contribution in [3.05, 3.63) is 47.1 Å². The van der Waals surface area contributed by atoms with Crippen LogP contribution >= 0.6 is 11.6 Å². The van der Waals surface area contributed by atoms with Crippen LogP contribution in [0.15, 0.2) is 36.5 Å². The van der Waals surface area contributed by atoms with Crippen molar-refractivity contribution >= 4 is 23.3 Å². The number of benzene rings is 1. The van der Waals surface area contributed by atoms with E-state index in [0.29, 0.717) is 29.8 Å². The van der Waals surface area contributed by atoms with Crippen molar-refractivity contribution in [1.29, 1.82) is 0 Å². The number of pyridine rings is 1. The van der Waals surface area contributed by atoms with Gasteiger partial charge in [0.05, 0.1) is 18.2 Å². The minimum absolute atomic E-state index is 0.0191. The highest BCUT2D eigenvalue weighted by atomic mass is 35.5. The predicted molar refractivity (Wildman–Crippen MR) is 108 cm³/mol. The molecule has 3 heterocycles. The Labute approximate surface area is 169 Å². The zero-order chi connectivity index (χ0) is 19.3. The molecule has 2 aromatic rings. The topological polar surface area (TPSA) is 63.7 Å². The Hall–Kier alpha value is -2.31. The number of aromatic nitrogens is 1. The molecule has 148 valence electrons. The standard InChI is InChI=1S/C21H24ClN3O3/c22-17-12-15(13-18-20(17)28-11-3-10-27-18)14-25-8-5-16(6-9-25)21(26)24-19-4-1-2-7-23-19/h1-2,4,7,12-13,16H,3,5-6,8-11,14H2,(H,23,24,26). The Morgan fingerprint density at radius 1 is 1.21 bits per heavy atom. The summed E-state index contributed by atoms with van der Waals surface area (Å²) < 4.78 is 11.5. The summed E-state index contributed by atoms with van der Waals surface area (Å²) in [5.74, 6) is 2.05. The summed E-state index contributed by atoms with van der Waals surface area (Å²) in [6.45, 7) is 3.79. The molecule has 0 bridgehead atoms. The molecule has 4 rings (SSSR count). The molecule has 1 amide bonds. The molecule has 0 atom stereocenters. The first-order chi connectivity index (χ1) is 13.7. The number of rotatable bonds is 4. The number of ether oxygens (including phenoxy) is 2. The van der Waals surface area contributed by atoms with Crippen LogP contribution in [0.1, 0.15) is 24.8 Å². The normalized spacial score (nSPS) is 17.8. The van der Waals surface area contributed by atoms with E-state index in [1.165, 1.54) is 0 Å². The molecule has 1 aromatic heterocycles. The van der Waals surface area contributed by atoms with Crippen LogP contribution in [0.4, 0.5) is 5.82 Å². The van der Waals surface area contributed by atoms with Crippen LogP contribution in [0, 0.1) is 5.92 Å². The number of fused-ring (bicyclic) bond motifs is 1. The highest BCUT2D eigenvalue weighted by molar-refractivity contribution is 6.32. The van der Waals surface area contributed by atoms with E-state index in [1.54, 1.807) is 12.3 Å². The second-order valence-corrected chi connectivity index (χ2v) is 7.62. The summed E-state index contributed by atoms with van der Waals surface area (Å²) in [5, 5.41) is 3.50. The van der Waals surface area contributed by atoms with E-state index in [1.807, 2.05) is 24.3 Å². The maximum absolute atomic E-state index is 12.5. The number of anilines is 1. The second kappa shape index (κ2) is 8.80. The van der Waals surface area contributed by atoms with Crippen LogP contribution in [0.5, 0.6) is 11.5 Å². The Kier molecular flexibility index (Phi) is 5.98. The zero-order valence-electron chi connectivity index (χ0n) is 15.7. The first-order valence-electron chi connectivity index (χ1n) is 9.71. The van der Waals surface area contributed by atoms with Crippen LogP contribution in [0.2, 0.25) is 5.02 Å². The Morgan fingerprint density at radius 3 is 2.82 bits per heavy atom. The van der Waals surface area contributed by atoms with Gasteiger partial charge < -0.3 is 14.8 Å². The monoisotopic (exact) mass is 401 g/mol. The molecule has 1 fully saturated rings. The smallest absolute Gasteiger partial charge is 0.228 e. The lowest BCUT2D eigenvalue weighted by Crippen LogP contribution is -2.37. The van der Waals surface area contributed by atoms with E-state index in [2.05, 4.69) is 15.2 Å². The summed E-state index contributed by atoms with van der Waals surface area (Å²) >= 11 is 6.40. The van der Waals surface area contributed by atoms with Gasteiger partial charge in [-0.25, -0.2) is 4.98 Å². The molecule has 1 N–H and O–H groups in total. The molecule has 0 unspecified atom stereocenters. The minimum Gasteiger partial charge on any atom is -0.489 e. The van der Waals surface area contributed by atoms with Gasteiger partial charge in [0, 0.05) is 25.1 Å². The maximum Gasteiger partial charge on any atom is 0.228 e. The third-order valence-electron chi connectivity index (χ3n) is 5.14. The van der Waals surface area contributed by atoms with E-state index in [4.69, 9.17) is 21.1 Å². The number of carbonyl (C=O) groups excluding carboxylic acids is 1. The number of likely N-dealkylation sites (tertiary alicyclic amines) is 1. The van der Waals surface area contributed by atoms with E-state index in [9.17, 15) is 4.79 Å². The molecule has 0 spiro atoms. The molecule has 2 aliphatic heterocycles. The molecule has 1 aromatic carbocycles. The molecule has 0 aliphatic carbocycles. The largest absolute Gasteiger partial charge is 0.489 e.